The quantitative estimate of drug-likeness (QED) is 0.0276. The Balaban J connectivity index is 2.29. The molecule has 1 heterocycles. The van der Waals surface area contributed by atoms with Crippen molar-refractivity contribution in [2.24, 2.45) is 0 Å². The molecule has 1 aliphatic heterocycles. The summed E-state index contributed by atoms with van der Waals surface area (Å²) < 4.78 is 22.8. The second-order valence-corrected chi connectivity index (χ2v) is 15.1. The van der Waals surface area contributed by atoms with E-state index < -0.39 is 43.4 Å². The fourth-order valence-electron chi connectivity index (χ4n) is 6.50. The standard InChI is InChI=1S/C46H82O9/c1-3-5-7-9-11-13-15-17-19-20-22-24-26-28-30-32-34-36-52-38-40(39-53-46-45(51)44(50)43(49)41(37-47)55-46)54-42(48)35-33-31-29-27-25-23-21-18-16-14-12-10-8-6-4-2/h6,8,12,14,18-21,40-41,43-47,49-51H,3-5,7,9-11,13,15-17,22-39H2,1-2H3/b8-6-,14-12-,20-19-,21-18-. The minimum Gasteiger partial charge on any atom is -0.457 e. The van der Waals surface area contributed by atoms with Crippen LogP contribution in [0.15, 0.2) is 48.6 Å². The van der Waals surface area contributed by atoms with Gasteiger partial charge in [0.15, 0.2) is 6.29 Å². The van der Waals surface area contributed by atoms with Gasteiger partial charge in [-0.3, -0.25) is 4.79 Å². The van der Waals surface area contributed by atoms with E-state index in [1.54, 1.807) is 0 Å². The lowest BCUT2D eigenvalue weighted by atomic mass is 9.99. The number of rotatable bonds is 37. The summed E-state index contributed by atoms with van der Waals surface area (Å²) in [6.07, 6.45) is 38.5. The van der Waals surface area contributed by atoms with Crippen LogP contribution in [0.3, 0.4) is 0 Å². The average Bonchev–Trinajstić information content (AvgIpc) is 3.18. The molecule has 6 unspecified atom stereocenters. The van der Waals surface area contributed by atoms with Gasteiger partial charge < -0.3 is 39.4 Å². The Kier molecular flexibility index (Phi) is 35.1. The predicted molar refractivity (Wildman–Crippen MR) is 224 cm³/mol. The highest BCUT2D eigenvalue weighted by atomic mass is 16.7. The zero-order valence-corrected chi connectivity index (χ0v) is 34.9. The molecule has 0 bridgehead atoms. The highest BCUT2D eigenvalue weighted by Crippen LogP contribution is 2.22. The summed E-state index contributed by atoms with van der Waals surface area (Å²) in [7, 11) is 0. The molecule has 9 nitrogen and oxygen atoms in total. The number of aliphatic hydroxyl groups excluding tert-OH is 4. The maximum Gasteiger partial charge on any atom is 0.306 e. The van der Waals surface area contributed by atoms with Gasteiger partial charge in [0.25, 0.3) is 0 Å². The van der Waals surface area contributed by atoms with E-state index in [9.17, 15) is 25.2 Å². The normalized spacial score (nSPS) is 21.2. The molecule has 0 radical (unpaired) electrons. The predicted octanol–water partition coefficient (Wildman–Crippen LogP) is 9.75. The molecule has 1 rings (SSSR count). The van der Waals surface area contributed by atoms with E-state index in [4.69, 9.17) is 18.9 Å². The lowest BCUT2D eigenvalue weighted by molar-refractivity contribution is -0.305. The van der Waals surface area contributed by atoms with Crippen molar-refractivity contribution in [3.8, 4) is 0 Å². The Morgan fingerprint density at radius 1 is 0.600 bits per heavy atom. The molecule has 1 fully saturated rings. The largest absolute Gasteiger partial charge is 0.457 e. The van der Waals surface area contributed by atoms with E-state index in [0.29, 0.717) is 13.0 Å². The zero-order valence-electron chi connectivity index (χ0n) is 34.9. The van der Waals surface area contributed by atoms with Crippen LogP contribution in [0.1, 0.15) is 174 Å². The smallest absolute Gasteiger partial charge is 0.306 e. The zero-order chi connectivity index (χ0) is 40.0. The van der Waals surface area contributed by atoms with Crippen LogP contribution in [0.5, 0.6) is 0 Å². The topological polar surface area (TPSA) is 135 Å². The molecule has 0 aliphatic carbocycles. The van der Waals surface area contributed by atoms with Gasteiger partial charge in [-0.1, -0.05) is 146 Å². The molecular weight excluding hydrogens is 696 g/mol. The Morgan fingerprint density at radius 3 is 1.69 bits per heavy atom. The molecule has 1 saturated heterocycles. The van der Waals surface area contributed by atoms with E-state index in [1.807, 2.05) is 0 Å². The van der Waals surface area contributed by atoms with Gasteiger partial charge in [0.2, 0.25) is 0 Å². The first-order chi connectivity index (χ1) is 26.9. The van der Waals surface area contributed by atoms with Crippen molar-refractivity contribution in [3.63, 3.8) is 0 Å². The number of ether oxygens (including phenoxy) is 4. The van der Waals surface area contributed by atoms with Crippen molar-refractivity contribution in [1.29, 1.82) is 0 Å². The van der Waals surface area contributed by atoms with Crippen LogP contribution in [0.25, 0.3) is 0 Å². The van der Waals surface area contributed by atoms with Crippen LogP contribution in [0.4, 0.5) is 0 Å². The summed E-state index contributed by atoms with van der Waals surface area (Å²) in [5, 5.41) is 40.1. The van der Waals surface area contributed by atoms with E-state index in [2.05, 4.69) is 62.5 Å². The van der Waals surface area contributed by atoms with Gasteiger partial charge in [-0.25, -0.2) is 0 Å². The van der Waals surface area contributed by atoms with Gasteiger partial charge in [0.1, 0.15) is 30.5 Å². The Bertz CT molecular complexity index is 978. The summed E-state index contributed by atoms with van der Waals surface area (Å²) in [5.74, 6) is -0.333. The summed E-state index contributed by atoms with van der Waals surface area (Å²) in [4.78, 5) is 12.8. The van der Waals surface area contributed by atoms with Crippen LogP contribution in [-0.4, -0.2) is 89.6 Å². The highest BCUT2D eigenvalue weighted by molar-refractivity contribution is 5.69. The van der Waals surface area contributed by atoms with Crippen molar-refractivity contribution in [2.75, 3.05) is 26.4 Å². The third-order valence-corrected chi connectivity index (χ3v) is 9.98. The fraction of sp³-hybridized carbons (Fsp3) is 0.804. The summed E-state index contributed by atoms with van der Waals surface area (Å²) in [6, 6.07) is 0. The number of allylic oxidation sites excluding steroid dienone is 8. The number of hydrogen-bond acceptors (Lipinski definition) is 9. The molecule has 0 amide bonds. The molecule has 0 aromatic rings. The van der Waals surface area contributed by atoms with Crippen molar-refractivity contribution < 1.29 is 44.2 Å². The van der Waals surface area contributed by atoms with Crippen molar-refractivity contribution in [1.82, 2.24) is 0 Å². The Hall–Kier alpha value is -1.85. The van der Waals surface area contributed by atoms with Crippen LogP contribution >= 0.6 is 0 Å². The molecule has 9 heteroatoms. The molecule has 0 aromatic heterocycles. The van der Waals surface area contributed by atoms with Gasteiger partial charge >= 0.3 is 5.97 Å². The SMILES string of the molecule is CC/C=C\C/C=C\C/C=C\CCCCCCCC(=O)OC(COCCCCCCCC/C=C\CCCCCCCCC)COC1OC(CO)C(O)C(O)C1O. The molecule has 0 aromatic carbocycles. The average molecular weight is 779 g/mol. The van der Waals surface area contributed by atoms with Crippen LogP contribution in [0, 0.1) is 0 Å². The maximum atomic E-state index is 12.8. The van der Waals surface area contributed by atoms with Crippen LogP contribution in [0.2, 0.25) is 0 Å². The number of esters is 1. The number of carbonyl (C=O) groups is 1. The summed E-state index contributed by atoms with van der Waals surface area (Å²) in [5.41, 5.74) is 0. The molecular formula is C46H82O9. The molecule has 320 valence electrons. The van der Waals surface area contributed by atoms with Gasteiger partial charge in [-0.05, 0) is 70.6 Å². The first kappa shape index (κ1) is 51.2. The number of hydrogen-bond donors (Lipinski definition) is 4. The maximum absolute atomic E-state index is 12.8. The van der Waals surface area contributed by atoms with Crippen LogP contribution in [-0.2, 0) is 23.7 Å². The van der Waals surface area contributed by atoms with Crippen molar-refractivity contribution in [2.45, 2.75) is 211 Å². The minimum absolute atomic E-state index is 0.124. The number of carbonyl (C=O) groups excluding carboxylic acids is 1. The Morgan fingerprint density at radius 2 is 1.11 bits per heavy atom. The van der Waals surface area contributed by atoms with Gasteiger partial charge in [0.05, 0.1) is 19.8 Å². The summed E-state index contributed by atoms with van der Waals surface area (Å²) >= 11 is 0. The lowest BCUT2D eigenvalue weighted by Crippen LogP contribution is -2.59. The van der Waals surface area contributed by atoms with Gasteiger partial charge in [-0.2, -0.15) is 0 Å². The minimum atomic E-state index is -1.54. The third-order valence-electron chi connectivity index (χ3n) is 9.98. The lowest BCUT2D eigenvalue weighted by Gasteiger charge is -2.39. The van der Waals surface area contributed by atoms with E-state index >= 15 is 0 Å². The molecule has 6 atom stereocenters. The van der Waals surface area contributed by atoms with E-state index in [-0.39, 0.29) is 19.2 Å². The van der Waals surface area contributed by atoms with Crippen LogP contribution < -0.4 is 0 Å². The third kappa shape index (κ3) is 29.1. The number of aliphatic hydroxyl groups is 4. The first-order valence-electron chi connectivity index (χ1n) is 22.2. The molecule has 55 heavy (non-hydrogen) atoms. The highest BCUT2D eigenvalue weighted by Gasteiger charge is 2.44. The van der Waals surface area contributed by atoms with E-state index in [1.165, 1.54) is 77.0 Å². The molecule has 0 saturated carbocycles. The molecule has 4 N–H and O–H groups in total. The van der Waals surface area contributed by atoms with E-state index in [0.717, 1.165) is 77.0 Å². The van der Waals surface area contributed by atoms with Gasteiger partial charge in [0, 0.05) is 13.0 Å². The molecule has 1 aliphatic rings. The summed E-state index contributed by atoms with van der Waals surface area (Å²) in [6.45, 7) is 4.41. The van der Waals surface area contributed by atoms with Gasteiger partial charge in [-0.15, -0.1) is 0 Å². The first-order valence-corrected chi connectivity index (χ1v) is 22.2. The molecule has 0 spiro atoms. The Labute approximate surface area is 335 Å². The van der Waals surface area contributed by atoms with Crippen molar-refractivity contribution >= 4 is 5.97 Å². The monoisotopic (exact) mass is 779 g/mol. The fourth-order valence-corrected chi connectivity index (χ4v) is 6.50. The number of unbranched alkanes of at least 4 members (excludes halogenated alkanes) is 18. The van der Waals surface area contributed by atoms with Crippen molar-refractivity contribution in [3.05, 3.63) is 48.6 Å². The second kappa shape index (κ2) is 37.7. The second-order valence-electron chi connectivity index (χ2n) is 15.1.